The van der Waals surface area contributed by atoms with Crippen LogP contribution in [-0.4, -0.2) is 30.1 Å². The van der Waals surface area contributed by atoms with Crippen LogP contribution in [0.1, 0.15) is 19.8 Å². The van der Waals surface area contributed by atoms with Gasteiger partial charge in [0.25, 0.3) is 0 Å². The smallest absolute Gasteiger partial charge is 0.410 e. The zero-order valence-corrected chi connectivity index (χ0v) is 10.7. The lowest BCUT2D eigenvalue weighted by Gasteiger charge is -2.38. The van der Waals surface area contributed by atoms with Crippen molar-refractivity contribution in [1.29, 1.82) is 0 Å². The molecule has 4 heteroatoms. The Morgan fingerprint density at radius 3 is 2.83 bits per heavy atom. The lowest BCUT2D eigenvalue weighted by Crippen LogP contribution is -2.52. The van der Waals surface area contributed by atoms with Gasteiger partial charge in [-0.25, -0.2) is 4.79 Å². The normalized spacial score (nSPS) is 23.8. The molecule has 0 saturated carbocycles. The number of hydrogen-bond acceptors (Lipinski definition) is 3. The SMILES string of the molecule is CC1CCCN(C(=O)Oc2ccccc2)C1CN. The minimum Gasteiger partial charge on any atom is -0.410 e. The van der Waals surface area contributed by atoms with Gasteiger partial charge in [0.1, 0.15) is 5.75 Å². The van der Waals surface area contributed by atoms with Gasteiger partial charge in [-0.05, 0) is 30.9 Å². The summed E-state index contributed by atoms with van der Waals surface area (Å²) in [6.45, 7) is 3.36. The van der Waals surface area contributed by atoms with Crippen LogP contribution in [0.5, 0.6) is 5.75 Å². The van der Waals surface area contributed by atoms with E-state index in [1.807, 2.05) is 18.2 Å². The monoisotopic (exact) mass is 248 g/mol. The lowest BCUT2D eigenvalue weighted by molar-refractivity contribution is 0.0918. The topological polar surface area (TPSA) is 55.6 Å². The highest BCUT2D eigenvalue weighted by atomic mass is 16.6. The summed E-state index contributed by atoms with van der Waals surface area (Å²) in [5.74, 6) is 1.02. The number of benzene rings is 1. The number of amides is 1. The van der Waals surface area contributed by atoms with Crippen LogP contribution in [0.3, 0.4) is 0 Å². The Bertz CT molecular complexity index is 394. The van der Waals surface area contributed by atoms with Crippen LogP contribution < -0.4 is 10.5 Å². The van der Waals surface area contributed by atoms with E-state index in [2.05, 4.69) is 6.92 Å². The fraction of sp³-hybridized carbons (Fsp3) is 0.500. The average Bonchev–Trinajstić information content (AvgIpc) is 2.39. The highest BCUT2D eigenvalue weighted by Crippen LogP contribution is 2.23. The second kappa shape index (κ2) is 5.87. The molecule has 1 fully saturated rings. The Kier molecular flexibility index (Phi) is 4.20. The largest absolute Gasteiger partial charge is 0.415 e. The van der Waals surface area contributed by atoms with Crippen LogP contribution in [0.4, 0.5) is 4.79 Å². The third-order valence-corrected chi connectivity index (χ3v) is 3.54. The number of ether oxygens (including phenoxy) is 1. The minimum absolute atomic E-state index is 0.0926. The second-order valence-corrected chi connectivity index (χ2v) is 4.80. The van der Waals surface area contributed by atoms with E-state index in [9.17, 15) is 4.79 Å². The Morgan fingerprint density at radius 2 is 2.17 bits per heavy atom. The van der Waals surface area contributed by atoms with E-state index in [0.29, 0.717) is 18.2 Å². The first-order valence-electron chi connectivity index (χ1n) is 6.46. The molecule has 1 heterocycles. The molecule has 0 aliphatic carbocycles. The van der Waals surface area contributed by atoms with E-state index in [1.165, 1.54) is 0 Å². The number of carbonyl (C=O) groups excluding carboxylic acids is 1. The number of nitrogens with zero attached hydrogens (tertiary/aromatic N) is 1. The van der Waals surface area contributed by atoms with Gasteiger partial charge in [0, 0.05) is 19.1 Å². The molecule has 1 aromatic rings. The second-order valence-electron chi connectivity index (χ2n) is 4.80. The maximum absolute atomic E-state index is 12.1. The quantitative estimate of drug-likeness (QED) is 0.873. The van der Waals surface area contributed by atoms with Crippen molar-refractivity contribution in [2.75, 3.05) is 13.1 Å². The Labute approximate surface area is 108 Å². The third kappa shape index (κ3) is 2.82. The van der Waals surface area contributed by atoms with Crippen molar-refractivity contribution in [3.05, 3.63) is 30.3 Å². The summed E-state index contributed by atoms with van der Waals surface area (Å²) in [6, 6.07) is 9.24. The van der Waals surface area contributed by atoms with E-state index in [1.54, 1.807) is 17.0 Å². The molecule has 2 unspecified atom stereocenters. The number of likely N-dealkylation sites (tertiary alicyclic amines) is 1. The predicted molar refractivity (Wildman–Crippen MR) is 70.4 cm³/mol. The molecule has 1 aliphatic rings. The molecule has 1 aliphatic heterocycles. The number of piperidine rings is 1. The molecule has 1 saturated heterocycles. The van der Waals surface area contributed by atoms with E-state index >= 15 is 0 Å². The Balaban J connectivity index is 2.03. The van der Waals surface area contributed by atoms with Gasteiger partial charge in [0.15, 0.2) is 0 Å². The highest BCUT2D eigenvalue weighted by molar-refractivity contribution is 5.71. The van der Waals surface area contributed by atoms with E-state index < -0.39 is 0 Å². The summed E-state index contributed by atoms with van der Waals surface area (Å²) in [5.41, 5.74) is 5.77. The van der Waals surface area contributed by atoms with Gasteiger partial charge in [-0.2, -0.15) is 0 Å². The number of para-hydroxylation sites is 1. The Hall–Kier alpha value is -1.55. The predicted octanol–water partition coefficient (Wildman–Crippen LogP) is 2.24. The van der Waals surface area contributed by atoms with Crippen molar-refractivity contribution in [3.63, 3.8) is 0 Å². The van der Waals surface area contributed by atoms with Crippen molar-refractivity contribution >= 4 is 6.09 Å². The highest BCUT2D eigenvalue weighted by Gasteiger charge is 2.31. The van der Waals surface area contributed by atoms with Crippen LogP contribution in [0.15, 0.2) is 30.3 Å². The van der Waals surface area contributed by atoms with Crippen molar-refractivity contribution in [1.82, 2.24) is 4.90 Å². The molecule has 2 rings (SSSR count). The zero-order valence-electron chi connectivity index (χ0n) is 10.7. The van der Waals surface area contributed by atoms with Gasteiger partial charge in [0.05, 0.1) is 0 Å². The summed E-state index contributed by atoms with van der Waals surface area (Å²) in [4.78, 5) is 13.9. The van der Waals surface area contributed by atoms with Gasteiger partial charge in [0.2, 0.25) is 0 Å². The summed E-state index contributed by atoms with van der Waals surface area (Å²) in [5, 5.41) is 0. The first kappa shape index (κ1) is 12.9. The van der Waals surface area contributed by atoms with Crippen LogP contribution in [0.2, 0.25) is 0 Å². The molecule has 98 valence electrons. The third-order valence-electron chi connectivity index (χ3n) is 3.54. The summed E-state index contributed by atoms with van der Waals surface area (Å²) < 4.78 is 5.37. The molecule has 0 radical (unpaired) electrons. The molecule has 2 N–H and O–H groups in total. The molecular formula is C14H20N2O2. The fourth-order valence-electron chi connectivity index (χ4n) is 2.48. The average molecular weight is 248 g/mol. The molecule has 2 atom stereocenters. The number of rotatable bonds is 2. The molecule has 1 aromatic carbocycles. The maximum atomic E-state index is 12.1. The summed E-state index contributed by atoms with van der Waals surface area (Å²) in [6.07, 6.45) is 1.85. The van der Waals surface area contributed by atoms with Gasteiger partial charge in [-0.15, -0.1) is 0 Å². The summed E-state index contributed by atoms with van der Waals surface area (Å²) in [7, 11) is 0. The molecule has 0 bridgehead atoms. The number of hydrogen-bond donors (Lipinski definition) is 1. The van der Waals surface area contributed by atoms with Gasteiger partial charge < -0.3 is 15.4 Å². The molecular weight excluding hydrogens is 228 g/mol. The Morgan fingerprint density at radius 1 is 1.44 bits per heavy atom. The number of nitrogens with two attached hydrogens (primary N) is 1. The zero-order chi connectivity index (χ0) is 13.0. The van der Waals surface area contributed by atoms with Gasteiger partial charge in [-0.3, -0.25) is 0 Å². The molecule has 1 amide bonds. The van der Waals surface area contributed by atoms with E-state index in [0.717, 1.165) is 19.4 Å². The van der Waals surface area contributed by atoms with Gasteiger partial charge in [-0.1, -0.05) is 25.1 Å². The van der Waals surface area contributed by atoms with Crippen LogP contribution in [0.25, 0.3) is 0 Å². The van der Waals surface area contributed by atoms with Crippen LogP contribution >= 0.6 is 0 Å². The van der Waals surface area contributed by atoms with Crippen molar-refractivity contribution in [3.8, 4) is 5.75 Å². The maximum Gasteiger partial charge on any atom is 0.415 e. The van der Waals surface area contributed by atoms with Crippen molar-refractivity contribution in [2.45, 2.75) is 25.8 Å². The number of carbonyl (C=O) groups is 1. The molecule has 0 aromatic heterocycles. The van der Waals surface area contributed by atoms with Gasteiger partial charge >= 0.3 is 6.09 Å². The van der Waals surface area contributed by atoms with E-state index in [4.69, 9.17) is 10.5 Å². The molecule has 0 spiro atoms. The standard InChI is InChI=1S/C14H20N2O2/c1-11-6-5-9-16(13(11)10-15)14(17)18-12-7-3-2-4-8-12/h2-4,7-8,11,13H,5-6,9-10,15H2,1H3. The molecule has 4 nitrogen and oxygen atoms in total. The van der Waals surface area contributed by atoms with E-state index in [-0.39, 0.29) is 12.1 Å². The summed E-state index contributed by atoms with van der Waals surface area (Å²) >= 11 is 0. The minimum atomic E-state index is -0.289. The van der Waals surface area contributed by atoms with Crippen LogP contribution in [0, 0.1) is 5.92 Å². The first-order valence-corrected chi connectivity index (χ1v) is 6.46. The molecule has 18 heavy (non-hydrogen) atoms. The lowest BCUT2D eigenvalue weighted by atomic mass is 9.91. The fourth-order valence-corrected chi connectivity index (χ4v) is 2.48. The van der Waals surface area contributed by atoms with Crippen molar-refractivity contribution < 1.29 is 9.53 Å². The van der Waals surface area contributed by atoms with Crippen LogP contribution in [-0.2, 0) is 0 Å². The first-order chi connectivity index (χ1) is 8.72. The van der Waals surface area contributed by atoms with Crippen molar-refractivity contribution in [2.24, 2.45) is 11.7 Å².